The van der Waals surface area contributed by atoms with Crippen molar-refractivity contribution in [2.75, 3.05) is 44.4 Å². The van der Waals surface area contributed by atoms with Gasteiger partial charge in [0.05, 0.1) is 49.9 Å². The summed E-state index contributed by atoms with van der Waals surface area (Å²) < 4.78 is 17.6. The van der Waals surface area contributed by atoms with Crippen LogP contribution in [0.4, 0.5) is 5.69 Å². The first-order chi connectivity index (χ1) is 16.8. The smallest absolute Gasteiger partial charge is 0.143 e. The third-order valence-electron chi connectivity index (χ3n) is 6.10. The minimum atomic E-state index is 0.338. The summed E-state index contributed by atoms with van der Waals surface area (Å²) >= 11 is 6.11. The Balaban J connectivity index is 1.22. The number of halogens is 1. The van der Waals surface area contributed by atoms with Gasteiger partial charge in [0.1, 0.15) is 5.75 Å². The van der Waals surface area contributed by atoms with Crippen molar-refractivity contribution < 1.29 is 14.2 Å². The van der Waals surface area contributed by atoms with E-state index in [1.54, 1.807) is 6.20 Å². The van der Waals surface area contributed by atoms with Gasteiger partial charge in [0, 0.05) is 30.5 Å². The fourth-order valence-corrected chi connectivity index (χ4v) is 4.40. The number of morpholine rings is 1. The van der Waals surface area contributed by atoms with E-state index >= 15 is 0 Å². The van der Waals surface area contributed by atoms with E-state index in [0.717, 1.165) is 80.1 Å². The first-order valence-corrected chi connectivity index (χ1v) is 12.8. The van der Waals surface area contributed by atoms with Gasteiger partial charge in [-0.25, -0.2) is 0 Å². The van der Waals surface area contributed by atoms with Crippen LogP contribution in [0.15, 0.2) is 48.7 Å². The van der Waals surface area contributed by atoms with Crippen molar-refractivity contribution in [3.8, 4) is 5.75 Å². The lowest BCUT2D eigenvalue weighted by molar-refractivity contribution is 0.116. The number of fused-ring (bicyclic) bond motifs is 1. The van der Waals surface area contributed by atoms with Gasteiger partial charge < -0.3 is 19.1 Å². The molecule has 0 saturated carbocycles. The van der Waals surface area contributed by atoms with E-state index in [9.17, 15) is 0 Å². The molecule has 1 fully saturated rings. The molecule has 0 radical (unpaired) electrons. The number of unbranched alkanes of at least 4 members (excludes halogenated alkanes) is 4. The molecule has 0 aliphatic carbocycles. The molecule has 0 N–H and O–H groups in total. The molecule has 2 heterocycles. The highest BCUT2D eigenvalue weighted by Crippen LogP contribution is 2.35. The fourth-order valence-electron chi connectivity index (χ4n) is 4.20. The maximum absolute atomic E-state index is 6.28. The van der Waals surface area contributed by atoms with Crippen LogP contribution in [-0.4, -0.2) is 49.7 Å². The van der Waals surface area contributed by atoms with Crippen molar-refractivity contribution in [2.24, 2.45) is 0 Å². The molecule has 7 heteroatoms. The third-order valence-corrected chi connectivity index (χ3v) is 6.35. The summed E-state index contributed by atoms with van der Waals surface area (Å²) in [5.41, 5.74) is 3.12. The van der Waals surface area contributed by atoms with Crippen LogP contribution in [0.3, 0.4) is 0 Å². The van der Waals surface area contributed by atoms with E-state index < -0.39 is 0 Å². The lowest BCUT2D eigenvalue weighted by Crippen LogP contribution is -2.36. The number of hydrogen-bond acceptors (Lipinski definition) is 6. The Kier molecular flexibility index (Phi) is 9.79. The average Bonchev–Trinajstić information content (AvgIpc) is 2.90. The van der Waals surface area contributed by atoms with Crippen molar-refractivity contribution in [2.45, 2.75) is 44.6 Å². The molecule has 34 heavy (non-hydrogen) atoms. The van der Waals surface area contributed by atoms with Gasteiger partial charge in [-0.15, -0.1) is 11.6 Å². The first kappa shape index (κ1) is 24.7. The number of benzene rings is 2. The molecule has 0 bridgehead atoms. The largest absolute Gasteiger partial charge is 0.491 e. The van der Waals surface area contributed by atoms with Gasteiger partial charge in [0.2, 0.25) is 0 Å². The van der Waals surface area contributed by atoms with Crippen LogP contribution >= 0.6 is 11.6 Å². The molecule has 1 aliphatic heterocycles. The number of nitrogens with zero attached hydrogens (tertiary/aromatic N) is 3. The number of aromatic nitrogens is 2. The predicted molar refractivity (Wildman–Crippen MR) is 137 cm³/mol. The minimum Gasteiger partial charge on any atom is -0.491 e. The SMILES string of the molecule is ClCc1nncc2cc(OCCCCCCCOCc3ccccc3)c(N3CCOCC3)cc12. The predicted octanol–water partition coefficient (Wildman–Crippen LogP) is 5.75. The highest BCUT2D eigenvalue weighted by molar-refractivity contribution is 6.17. The molecule has 1 aliphatic rings. The number of alkyl halides is 1. The Morgan fingerprint density at radius 1 is 0.941 bits per heavy atom. The van der Waals surface area contributed by atoms with Crippen molar-refractivity contribution in [3.05, 3.63) is 59.9 Å². The van der Waals surface area contributed by atoms with Gasteiger partial charge in [0.25, 0.3) is 0 Å². The van der Waals surface area contributed by atoms with Crippen LogP contribution in [0.25, 0.3) is 10.8 Å². The van der Waals surface area contributed by atoms with Gasteiger partial charge in [-0.3, -0.25) is 0 Å². The second-order valence-electron chi connectivity index (χ2n) is 8.59. The van der Waals surface area contributed by atoms with Crippen LogP contribution in [0.1, 0.15) is 43.4 Å². The van der Waals surface area contributed by atoms with Gasteiger partial charge in [-0.1, -0.05) is 49.6 Å². The Morgan fingerprint density at radius 2 is 1.71 bits per heavy atom. The summed E-state index contributed by atoms with van der Waals surface area (Å²) in [5.74, 6) is 1.24. The number of anilines is 1. The molecule has 2 aromatic carbocycles. The molecule has 182 valence electrons. The molecule has 6 nitrogen and oxygen atoms in total. The second kappa shape index (κ2) is 13.5. The summed E-state index contributed by atoms with van der Waals surface area (Å²) in [6.07, 6.45) is 7.45. The molecule has 3 aromatic rings. The van der Waals surface area contributed by atoms with Crippen molar-refractivity contribution in [3.63, 3.8) is 0 Å². The third kappa shape index (κ3) is 7.05. The zero-order chi connectivity index (χ0) is 23.4. The maximum Gasteiger partial charge on any atom is 0.143 e. The monoisotopic (exact) mass is 483 g/mol. The Bertz CT molecular complexity index is 1010. The minimum absolute atomic E-state index is 0.338. The molecule has 1 saturated heterocycles. The topological polar surface area (TPSA) is 56.7 Å². The zero-order valence-corrected chi connectivity index (χ0v) is 20.5. The molecule has 1 aromatic heterocycles. The molecule has 0 spiro atoms. The number of rotatable bonds is 13. The van der Waals surface area contributed by atoms with E-state index in [0.29, 0.717) is 19.1 Å². The van der Waals surface area contributed by atoms with Crippen molar-refractivity contribution >= 4 is 28.1 Å². The Morgan fingerprint density at radius 3 is 2.50 bits per heavy atom. The maximum atomic E-state index is 6.28. The lowest BCUT2D eigenvalue weighted by Gasteiger charge is -2.30. The molecule has 0 amide bonds. The van der Waals surface area contributed by atoms with Crippen LogP contribution in [0, 0.1) is 0 Å². The molecule has 0 atom stereocenters. The van der Waals surface area contributed by atoms with E-state index in [1.165, 1.54) is 18.4 Å². The van der Waals surface area contributed by atoms with E-state index in [1.807, 2.05) is 18.2 Å². The Labute approximate surface area is 207 Å². The van der Waals surface area contributed by atoms with E-state index in [2.05, 4.69) is 39.4 Å². The molecule has 4 rings (SSSR count). The van der Waals surface area contributed by atoms with Crippen LogP contribution in [0.5, 0.6) is 5.75 Å². The molecule has 0 unspecified atom stereocenters. The first-order valence-electron chi connectivity index (χ1n) is 12.3. The van der Waals surface area contributed by atoms with Crippen LogP contribution in [0.2, 0.25) is 0 Å². The standard InChI is InChI=1S/C27H34ClN3O3/c28-19-25-24-18-26(31-11-15-32-16-12-31)27(17-23(24)20-29-30-25)34-14-8-3-1-2-7-13-33-21-22-9-5-4-6-10-22/h4-6,9-10,17-18,20H,1-3,7-8,11-16,19,21H2. The summed E-state index contributed by atoms with van der Waals surface area (Å²) in [4.78, 5) is 2.33. The van der Waals surface area contributed by atoms with E-state index in [4.69, 9.17) is 25.8 Å². The highest BCUT2D eigenvalue weighted by Gasteiger charge is 2.18. The quantitative estimate of drug-likeness (QED) is 0.228. The lowest BCUT2D eigenvalue weighted by atomic mass is 10.1. The number of ether oxygens (including phenoxy) is 3. The fraction of sp³-hybridized carbons (Fsp3) is 0.481. The second-order valence-corrected chi connectivity index (χ2v) is 8.85. The molecular formula is C27H34ClN3O3. The van der Waals surface area contributed by atoms with Crippen molar-refractivity contribution in [1.29, 1.82) is 0 Å². The summed E-state index contributed by atoms with van der Waals surface area (Å²) in [6, 6.07) is 14.6. The Hall–Kier alpha value is -2.41. The highest BCUT2D eigenvalue weighted by atomic mass is 35.5. The van der Waals surface area contributed by atoms with Crippen LogP contribution < -0.4 is 9.64 Å². The van der Waals surface area contributed by atoms with Gasteiger partial charge in [-0.05, 0) is 30.5 Å². The normalized spacial score (nSPS) is 14.0. The summed E-state index contributed by atoms with van der Waals surface area (Å²) in [5, 5.41) is 10.3. The van der Waals surface area contributed by atoms with Crippen LogP contribution in [-0.2, 0) is 22.0 Å². The molecular weight excluding hydrogens is 450 g/mol. The van der Waals surface area contributed by atoms with Gasteiger partial charge >= 0.3 is 0 Å². The zero-order valence-electron chi connectivity index (χ0n) is 19.8. The van der Waals surface area contributed by atoms with Crippen molar-refractivity contribution in [1.82, 2.24) is 10.2 Å². The summed E-state index contributed by atoms with van der Waals surface area (Å²) in [7, 11) is 0. The van der Waals surface area contributed by atoms with Gasteiger partial charge in [-0.2, -0.15) is 10.2 Å². The van der Waals surface area contributed by atoms with Gasteiger partial charge in [0.15, 0.2) is 0 Å². The van der Waals surface area contributed by atoms with E-state index in [-0.39, 0.29) is 0 Å². The number of hydrogen-bond donors (Lipinski definition) is 0. The average molecular weight is 484 g/mol. The summed E-state index contributed by atoms with van der Waals surface area (Å²) in [6.45, 7) is 5.37.